The maximum absolute atomic E-state index is 11.1. The molecule has 0 spiro atoms. The Balaban J connectivity index is 2.49. The van der Waals surface area contributed by atoms with E-state index in [-0.39, 0.29) is 5.25 Å². The molecule has 4 nitrogen and oxygen atoms in total. The number of nitriles is 1. The summed E-state index contributed by atoms with van der Waals surface area (Å²) in [5.74, 6) is 0. The summed E-state index contributed by atoms with van der Waals surface area (Å²) in [6.45, 7) is 2.65. The fourth-order valence-electron chi connectivity index (χ4n) is 1.21. The van der Waals surface area contributed by atoms with Crippen molar-refractivity contribution >= 4 is 16.5 Å². The van der Waals surface area contributed by atoms with Crippen LogP contribution in [0.5, 0.6) is 0 Å². The van der Waals surface area contributed by atoms with Crippen LogP contribution in [-0.4, -0.2) is 27.2 Å². The highest BCUT2D eigenvalue weighted by Gasteiger charge is 2.06. The van der Waals surface area contributed by atoms with E-state index in [9.17, 15) is 4.21 Å². The summed E-state index contributed by atoms with van der Waals surface area (Å²) in [5.41, 5.74) is 1.13. The van der Waals surface area contributed by atoms with Gasteiger partial charge < -0.3 is 5.32 Å². The lowest BCUT2D eigenvalue weighted by atomic mass is 10.3. The van der Waals surface area contributed by atoms with Crippen molar-refractivity contribution in [1.82, 2.24) is 4.98 Å². The first-order chi connectivity index (χ1) is 7.65. The highest BCUT2D eigenvalue weighted by Crippen LogP contribution is 2.11. The van der Waals surface area contributed by atoms with Crippen LogP contribution >= 0.6 is 0 Å². The van der Waals surface area contributed by atoms with Gasteiger partial charge in [0, 0.05) is 35.0 Å². The molecule has 0 radical (unpaired) electrons. The van der Waals surface area contributed by atoms with Gasteiger partial charge in [0.2, 0.25) is 0 Å². The average molecular weight is 237 g/mol. The normalized spacial score (nSPS) is 13.8. The Morgan fingerprint density at radius 1 is 1.69 bits per heavy atom. The SMILES string of the molecule is CC(CCNc1cccnc1C#N)S(C)=O. The molecule has 0 fully saturated rings. The van der Waals surface area contributed by atoms with Gasteiger partial charge in [0.05, 0.1) is 5.69 Å². The standard InChI is InChI=1S/C11H15N3OS/c1-9(16(2)15)5-7-14-10-4-3-6-13-11(10)8-12/h3-4,6,9,14H,5,7H2,1-2H3. The molecule has 0 amide bonds. The fraction of sp³-hybridized carbons (Fsp3) is 0.455. The van der Waals surface area contributed by atoms with Crippen LogP contribution in [0.3, 0.4) is 0 Å². The van der Waals surface area contributed by atoms with E-state index in [1.807, 2.05) is 19.1 Å². The van der Waals surface area contributed by atoms with Crippen molar-refractivity contribution in [3.8, 4) is 6.07 Å². The third kappa shape index (κ3) is 3.63. The first-order valence-corrected chi connectivity index (χ1v) is 6.68. The molecule has 2 unspecified atom stereocenters. The van der Waals surface area contributed by atoms with Crippen LogP contribution in [-0.2, 0) is 10.8 Å². The lowest BCUT2D eigenvalue weighted by molar-refractivity contribution is 0.672. The van der Waals surface area contributed by atoms with Crippen LogP contribution < -0.4 is 5.32 Å². The minimum atomic E-state index is -0.796. The fourth-order valence-corrected chi connectivity index (χ4v) is 1.66. The molecule has 0 saturated heterocycles. The Kier molecular flexibility index (Phi) is 4.93. The van der Waals surface area contributed by atoms with Crippen molar-refractivity contribution < 1.29 is 4.21 Å². The van der Waals surface area contributed by atoms with Gasteiger partial charge in [-0.25, -0.2) is 4.98 Å². The minimum Gasteiger partial charge on any atom is -0.383 e. The van der Waals surface area contributed by atoms with Crippen LogP contribution in [0.2, 0.25) is 0 Å². The van der Waals surface area contributed by atoms with Gasteiger partial charge in [-0.15, -0.1) is 0 Å². The molecule has 5 heteroatoms. The summed E-state index contributed by atoms with van der Waals surface area (Å²) in [6, 6.07) is 5.62. The molecule has 1 heterocycles. The number of anilines is 1. The third-order valence-electron chi connectivity index (χ3n) is 2.35. The molecule has 0 aromatic carbocycles. The maximum Gasteiger partial charge on any atom is 0.163 e. The van der Waals surface area contributed by atoms with Crippen molar-refractivity contribution in [2.75, 3.05) is 18.1 Å². The quantitative estimate of drug-likeness (QED) is 0.843. The van der Waals surface area contributed by atoms with Crippen molar-refractivity contribution in [2.24, 2.45) is 0 Å². The monoisotopic (exact) mass is 237 g/mol. The van der Waals surface area contributed by atoms with Crippen molar-refractivity contribution in [1.29, 1.82) is 5.26 Å². The van der Waals surface area contributed by atoms with Gasteiger partial charge in [-0.1, -0.05) is 6.92 Å². The Morgan fingerprint density at radius 3 is 3.06 bits per heavy atom. The number of hydrogen-bond donors (Lipinski definition) is 1. The highest BCUT2D eigenvalue weighted by molar-refractivity contribution is 7.84. The van der Waals surface area contributed by atoms with Gasteiger partial charge in [0.25, 0.3) is 0 Å². The van der Waals surface area contributed by atoms with E-state index in [1.165, 1.54) is 0 Å². The molecule has 1 rings (SSSR count). The second kappa shape index (κ2) is 6.23. The summed E-state index contributed by atoms with van der Waals surface area (Å²) in [7, 11) is -0.796. The predicted molar refractivity (Wildman–Crippen MR) is 65.6 cm³/mol. The Labute approximate surface area is 98.2 Å². The zero-order valence-corrected chi connectivity index (χ0v) is 10.3. The molecule has 0 bridgehead atoms. The van der Waals surface area contributed by atoms with E-state index in [4.69, 9.17) is 5.26 Å². The van der Waals surface area contributed by atoms with Crippen LogP contribution in [0.1, 0.15) is 19.0 Å². The van der Waals surface area contributed by atoms with Crippen LogP contribution in [0.15, 0.2) is 18.3 Å². The van der Waals surface area contributed by atoms with E-state index in [1.54, 1.807) is 18.5 Å². The van der Waals surface area contributed by atoms with Gasteiger partial charge in [-0.2, -0.15) is 5.26 Å². The highest BCUT2D eigenvalue weighted by atomic mass is 32.2. The molecule has 0 aliphatic heterocycles. The number of aromatic nitrogens is 1. The molecule has 1 N–H and O–H groups in total. The van der Waals surface area contributed by atoms with E-state index >= 15 is 0 Å². The number of hydrogen-bond acceptors (Lipinski definition) is 4. The summed E-state index contributed by atoms with van der Waals surface area (Å²) in [4.78, 5) is 3.95. The molecule has 16 heavy (non-hydrogen) atoms. The Bertz CT molecular complexity index is 414. The molecule has 1 aromatic heterocycles. The second-order valence-corrected chi connectivity index (χ2v) is 5.34. The molecule has 1 aromatic rings. The third-order valence-corrected chi connectivity index (χ3v) is 3.72. The topological polar surface area (TPSA) is 65.8 Å². The number of rotatable bonds is 5. The first-order valence-electron chi connectivity index (χ1n) is 5.06. The molecule has 86 valence electrons. The van der Waals surface area contributed by atoms with Crippen LogP contribution in [0.25, 0.3) is 0 Å². The summed E-state index contributed by atoms with van der Waals surface area (Å²) >= 11 is 0. The van der Waals surface area contributed by atoms with Gasteiger partial charge in [0.15, 0.2) is 5.69 Å². The summed E-state index contributed by atoms with van der Waals surface area (Å²) < 4.78 is 11.1. The van der Waals surface area contributed by atoms with Crippen molar-refractivity contribution in [3.63, 3.8) is 0 Å². The lowest BCUT2D eigenvalue weighted by Gasteiger charge is -2.10. The Hall–Kier alpha value is -1.41. The molecule has 2 atom stereocenters. The zero-order valence-electron chi connectivity index (χ0n) is 9.43. The predicted octanol–water partition coefficient (Wildman–Crippen LogP) is 1.52. The number of nitrogens with zero attached hydrogens (tertiary/aromatic N) is 2. The van der Waals surface area contributed by atoms with Gasteiger partial charge >= 0.3 is 0 Å². The molecule has 0 aliphatic carbocycles. The van der Waals surface area contributed by atoms with Crippen molar-refractivity contribution in [3.05, 3.63) is 24.0 Å². The average Bonchev–Trinajstić information content (AvgIpc) is 2.29. The molecular formula is C11H15N3OS. The van der Waals surface area contributed by atoms with E-state index in [2.05, 4.69) is 10.3 Å². The molecule has 0 aliphatic rings. The van der Waals surface area contributed by atoms with Gasteiger partial charge in [0.1, 0.15) is 6.07 Å². The number of pyridine rings is 1. The van der Waals surface area contributed by atoms with Gasteiger partial charge in [-0.05, 0) is 18.6 Å². The smallest absolute Gasteiger partial charge is 0.163 e. The van der Waals surface area contributed by atoms with Crippen molar-refractivity contribution in [2.45, 2.75) is 18.6 Å². The van der Waals surface area contributed by atoms with Crippen LogP contribution in [0.4, 0.5) is 5.69 Å². The maximum atomic E-state index is 11.1. The van der Waals surface area contributed by atoms with Crippen LogP contribution in [0, 0.1) is 11.3 Å². The van der Waals surface area contributed by atoms with E-state index < -0.39 is 10.8 Å². The summed E-state index contributed by atoms with van der Waals surface area (Å²) in [6.07, 6.45) is 4.10. The van der Waals surface area contributed by atoms with Gasteiger partial charge in [-0.3, -0.25) is 4.21 Å². The molecular weight excluding hydrogens is 222 g/mol. The minimum absolute atomic E-state index is 0.162. The number of nitrogens with one attached hydrogen (secondary N) is 1. The largest absolute Gasteiger partial charge is 0.383 e. The second-order valence-electron chi connectivity index (χ2n) is 3.54. The molecule has 0 saturated carbocycles. The lowest BCUT2D eigenvalue weighted by Crippen LogP contribution is -2.15. The zero-order chi connectivity index (χ0) is 12.0. The summed E-state index contributed by atoms with van der Waals surface area (Å²) in [5, 5.41) is 12.1. The van der Waals surface area contributed by atoms with E-state index in [0.29, 0.717) is 12.2 Å². The van der Waals surface area contributed by atoms with E-state index in [0.717, 1.165) is 12.1 Å². The first kappa shape index (κ1) is 12.7. The Morgan fingerprint density at radius 2 is 2.44 bits per heavy atom.